The van der Waals surface area contributed by atoms with Gasteiger partial charge in [-0.1, -0.05) is 41.9 Å². The molecule has 1 atom stereocenters. The molecule has 0 bridgehead atoms. The van der Waals surface area contributed by atoms with E-state index in [1.165, 1.54) is 13.2 Å². The Morgan fingerprint density at radius 1 is 1.41 bits per heavy atom. The molecule has 0 saturated heterocycles. The van der Waals surface area contributed by atoms with Crippen molar-refractivity contribution in [2.45, 2.75) is 12.6 Å². The van der Waals surface area contributed by atoms with Gasteiger partial charge in [0, 0.05) is 7.05 Å². The van der Waals surface area contributed by atoms with Gasteiger partial charge in [-0.15, -0.1) is 11.3 Å². The Labute approximate surface area is 135 Å². The van der Waals surface area contributed by atoms with Crippen LogP contribution in [-0.2, 0) is 16.1 Å². The van der Waals surface area contributed by atoms with Crippen LogP contribution in [0.1, 0.15) is 16.6 Å². The van der Waals surface area contributed by atoms with Gasteiger partial charge in [-0.2, -0.15) is 0 Å². The van der Waals surface area contributed by atoms with E-state index in [1.807, 2.05) is 30.3 Å². The van der Waals surface area contributed by atoms with Crippen molar-refractivity contribution >= 4 is 35.0 Å². The Kier molecular flexibility index (Phi) is 5.35. The first kappa shape index (κ1) is 16.3. The number of carboxylic acids is 1. The van der Waals surface area contributed by atoms with Crippen LogP contribution < -0.4 is 0 Å². The molecule has 2 rings (SSSR count). The van der Waals surface area contributed by atoms with Gasteiger partial charge >= 0.3 is 12.1 Å². The molecule has 8 heteroatoms. The lowest BCUT2D eigenvalue weighted by Crippen LogP contribution is -2.36. The summed E-state index contributed by atoms with van der Waals surface area (Å²) >= 11 is 6.77. The summed E-state index contributed by atoms with van der Waals surface area (Å²) in [6.07, 6.45) is 0.600. The molecule has 22 heavy (non-hydrogen) atoms. The second-order valence-corrected chi connectivity index (χ2v) is 6.09. The van der Waals surface area contributed by atoms with Crippen LogP contribution in [0.3, 0.4) is 0 Å². The van der Waals surface area contributed by atoms with E-state index in [1.54, 1.807) is 0 Å². The van der Waals surface area contributed by atoms with Crippen LogP contribution in [0, 0.1) is 0 Å². The smallest absolute Gasteiger partial charge is 0.410 e. The minimum atomic E-state index is -1.24. The van der Waals surface area contributed by atoms with Gasteiger partial charge in [0.05, 0.1) is 6.20 Å². The van der Waals surface area contributed by atoms with Crippen LogP contribution in [0.15, 0.2) is 36.5 Å². The fourth-order valence-electron chi connectivity index (χ4n) is 1.76. The van der Waals surface area contributed by atoms with E-state index in [-0.39, 0.29) is 11.6 Å². The molecule has 0 radical (unpaired) electrons. The molecule has 1 unspecified atom stereocenters. The Hall–Kier alpha value is -2.12. The highest BCUT2D eigenvalue weighted by Crippen LogP contribution is 2.28. The lowest BCUT2D eigenvalue weighted by molar-refractivity contribution is -0.142. The fraction of sp³-hybridized carbons (Fsp3) is 0.214. The molecule has 2 aromatic rings. The molecule has 0 fully saturated rings. The molecule has 0 aliphatic carbocycles. The van der Waals surface area contributed by atoms with E-state index in [0.29, 0.717) is 4.34 Å². The molecule has 1 heterocycles. The van der Waals surface area contributed by atoms with Gasteiger partial charge in [-0.05, 0) is 5.56 Å². The van der Waals surface area contributed by atoms with Gasteiger partial charge in [0.2, 0.25) is 0 Å². The number of benzene rings is 1. The third-order valence-electron chi connectivity index (χ3n) is 2.84. The van der Waals surface area contributed by atoms with Crippen LogP contribution in [0.25, 0.3) is 0 Å². The summed E-state index contributed by atoms with van der Waals surface area (Å²) in [6, 6.07) is 7.88. The van der Waals surface area contributed by atoms with Crippen molar-refractivity contribution < 1.29 is 19.4 Å². The van der Waals surface area contributed by atoms with Crippen LogP contribution in [0.2, 0.25) is 4.34 Å². The number of carbonyl (C=O) groups excluding carboxylic acids is 1. The second kappa shape index (κ2) is 7.24. The summed E-state index contributed by atoms with van der Waals surface area (Å²) in [4.78, 5) is 28.3. The van der Waals surface area contributed by atoms with E-state index in [0.717, 1.165) is 21.8 Å². The average Bonchev–Trinajstić information content (AvgIpc) is 2.91. The number of aliphatic carboxylic acids is 1. The summed E-state index contributed by atoms with van der Waals surface area (Å²) in [5.41, 5.74) is 0.813. The average molecular weight is 341 g/mol. The monoisotopic (exact) mass is 340 g/mol. The molecular weight excluding hydrogens is 328 g/mol. The third-order valence-corrected chi connectivity index (χ3v) is 4.01. The SMILES string of the molecule is CN(C(=O)OCc1ccccc1)C(C(=O)O)c1ncc(Cl)s1. The quantitative estimate of drug-likeness (QED) is 0.904. The summed E-state index contributed by atoms with van der Waals surface area (Å²) in [6.45, 7) is 0.0645. The van der Waals surface area contributed by atoms with Crippen LogP contribution in [0.4, 0.5) is 4.79 Å². The molecule has 116 valence electrons. The zero-order chi connectivity index (χ0) is 16.1. The van der Waals surface area contributed by atoms with E-state index in [9.17, 15) is 14.7 Å². The molecule has 6 nitrogen and oxygen atoms in total. The molecular formula is C14H13ClN2O4S. The van der Waals surface area contributed by atoms with Crippen molar-refractivity contribution in [1.29, 1.82) is 0 Å². The van der Waals surface area contributed by atoms with E-state index >= 15 is 0 Å². The minimum absolute atomic E-state index is 0.0645. The molecule has 0 saturated carbocycles. The van der Waals surface area contributed by atoms with Gasteiger partial charge in [0.15, 0.2) is 6.04 Å². The van der Waals surface area contributed by atoms with E-state index in [4.69, 9.17) is 16.3 Å². The molecule has 0 aliphatic rings. The number of rotatable bonds is 5. The predicted molar refractivity (Wildman–Crippen MR) is 81.9 cm³/mol. The number of likely N-dealkylation sites (N-methyl/N-ethyl adjacent to an activating group) is 1. The zero-order valence-corrected chi connectivity index (χ0v) is 13.2. The van der Waals surface area contributed by atoms with Gasteiger partial charge < -0.3 is 9.84 Å². The summed E-state index contributed by atoms with van der Waals surface area (Å²) in [5.74, 6) is -1.20. The number of hydrogen-bond acceptors (Lipinski definition) is 5. The zero-order valence-electron chi connectivity index (χ0n) is 11.6. The Balaban J connectivity index is 2.05. The minimum Gasteiger partial charge on any atom is -0.479 e. The van der Waals surface area contributed by atoms with E-state index < -0.39 is 18.1 Å². The summed E-state index contributed by atoms with van der Waals surface area (Å²) in [5, 5.41) is 9.53. The standard InChI is InChI=1S/C14H13ClN2O4S/c1-17(11(13(18)19)12-16-7-10(15)22-12)14(20)21-8-9-5-3-2-4-6-9/h2-7,11H,8H2,1H3,(H,18,19). The molecule has 0 aliphatic heterocycles. The Bertz CT molecular complexity index is 662. The second-order valence-electron chi connectivity index (χ2n) is 4.39. The number of ether oxygens (including phenoxy) is 1. The number of carboxylic acid groups (broad SMARTS) is 1. The van der Waals surface area contributed by atoms with E-state index in [2.05, 4.69) is 4.98 Å². The maximum absolute atomic E-state index is 12.0. The number of halogens is 1. The lowest BCUT2D eigenvalue weighted by Gasteiger charge is -2.22. The first-order valence-corrected chi connectivity index (χ1v) is 7.46. The highest BCUT2D eigenvalue weighted by atomic mass is 35.5. The number of hydrogen-bond donors (Lipinski definition) is 1. The number of aromatic nitrogens is 1. The van der Waals surface area contributed by atoms with Crippen molar-refractivity contribution in [2.75, 3.05) is 7.05 Å². The highest BCUT2D eigenvalue weighted by Gasteiger charge is 2.32. The van der Waals surface area contributed by atoms with Gasteiger partial charge in [-0.3, -0.25) is 4.90 Å². The third kappa shape index (κ3) is 3.96. The largest absolute Gasteiger partial charge is 0.479 e. The molecule has 0 spiro atoms. The first-order chi connectivity index (χ1) is 10.5. The van der Waals surface area contributed by atoms with Crippen molar-refractivity contribution in [3.05, 3.63) is 51.4 Å². The Morgan fingerprint density at radius 3 is 2.64 bits per heavy atom. The first-order valence-electron chi connectivity index (χ1n) is 6.26. The van der Waals surface area contributed by atoms with Crippen molar-refractivity contribution in [3.63, 3.8) is 0 Å². The van der Waals surface area contributed by atoms with Crippen molar-refractivity contribution in [3.8, 4) is 0 Å². The number of thiazole rings is 1. The molecule has 1 aromatic carbocycles. The topological polar surface area (TPSA) is 79.7 Å². The summed E-state index contributed by atoms with van der Waals surface area (Å²) < 4.78 is 5.47. The number of amides is 1. The maximum atomic E-state index is 12.0. The normalized spacial score (nSPS) is 11.7. The van der Waals surface area contributed by atoms with Crippen LogP contribution >= 0.6 is 22.9 Å². The number of nitrogens with zero attached hydrogens (tertiary/aromatic N) is 2. The number of carbonyl (C=O) groups is 2. The van der Waals surface area contributed by atoms with Crippen molar-refractivity contribution in [1.82, 2.24) is 9.88 Å². The van der Waals surface area contributed by atoms with Crippen LogP contribution in [0.5, 0.6) is 0 Å². The van der Waals surface area contributed by atoms with Crippen LogP contribution in [-0.4, -0.2) is 34.1 Å². The molecule has 1 amide bonds. The van der Waals surface area contributed by atoms with Crippen molar-refractivity contribution in [2.24, 2.45) is 0 Å². The highest BCUT2D eigenvalue weighted by molar-refractivity contribution is 7.16. The Morgan fingerprint density at radius 2 is 2.09 bits per heavy atom. The maximum Gasteiger partial charge on any atom is 0.410 e. The molecule has 1 aromatic heterocycles. The fourth-order valence-corrected chi connectivity index (χ4v) is 2.82. The lowest BCUT2D eigenvalue weighted by atomic mass is 10.2. The molecule has 1 N–H and O–H groups in total. The van der Waals surface area contributed by atoms with Gasteiger partial charge in [0.1, 0.15) is 16.0 Å². The summed E-state index contributed by atoms with van der Waals surface area (Å²) in [7, 11) is 1.35. The predicted octanol–water partition coefficient (Wildman–Crippen LogP) is 3.19. The van der Waals surface area contributed by atoms with Gasteiger partial charge in [-0.25, -0.2) is 14.6 Å². The van der Waals surface area contributed by atoms with Gasteiger partial charge in [0.25, 0.3) is 0 Å².